The van der Waals surface area contributed by atoms with E-state index in [2.05, 4.69) is 9.62 Å². The molecule has 1 N–H and O–H groups in total. The minimum Gasteiger partial charge on any atom is -0.375 e. The van der Waals surface area contributed by atoms with Crippen molar-refractivity contribution in [3.05, 3.63) is 35.6 Å². The third-order valence-electron chi connectivity index (χ3n) is 5.91. The van der Waals surface area contributed by atoms with E-state index in [-0.39, 0.29) is 22.7 Å². The van der Waals surface area contributed by atoms with Crippen molar-refractivity contribution >= 4 is 10.0 Å². The average Bonchev–Trinajstić information content (AvgIpc) is 3.45. The third-order valence-corrected chi connectivity index (χ3v) is 7.92. The van der Waals surface area contributed by atoms with Crippen LogP contribution in [0, 0.1) is 5.82 Å². The molecular formula is C19H27FN2O3S. The number of benzene rings is 1. The molecule has 26 heavy (non-hydrogen) atoms. The highest BCUT2D eigenvalue weighted by molar-refractivity contribution is 7.90. The van der Waals surface area contributed by atoms with Crippen LogP contribution in [-0.2, 0) is 21.3 Å². The van der Waals surface area contributed by atoms with E-state index in [4.69, 9.17) is 4.74 Å². The van der Waals surface area contributed by atoms with E-state index >= 15 is 0 Å². The summed E-state index contributed by atoms with van der Waals surface area (Å²) >= 11 is 0. The van der Waals surface area contributed by atoms with Gasteiger partial charge < -0.3 is 4.74 Å². The normalized spacial score (nSPS) is 26.9. The summed E-state index contributed by atoms with van der Waals surface area (Å²) < 4.78 is 47.3. The molecule has 7 heteroatoms. The van der Waals surface area contributed by atoms with Crippen molar-refractivity contribution < 1.29 is 17.5 Å². The number of ether oxygens (including phenoxy) is 1. The molecule has 2 saturated heterocycles. The summed E-state index contributed by atoms with van der Waals surface area (Å²) in [4.78, 5) is 2.25. The minimum atomic E-state index is -3.16. The molecule has 1 aromatic rings. The Morgan fingerprint density at radius 1 is 1.19 bits per heavy atom. The fourth-order valence-corrected chi connectivity index (χ4v) is 5.78. The van der Waals surface area contributed by atoms with Crippen LogP contribution >= 0.6 is 0 Å². The zero-order valence-electron chi connectivity index (χ0n) is 15.0. The summed E-state index contributed by atoms with van der Waals surface area (Å²) in [6.07, 6.45) is 4.79. The molecule has 5 nitrogen and oxygen atoms in total. The highest BCUT2D eigenvalue weighted by atomic mass is 32.2. The Morgan fingerprint density at radius 3 is 2.62 bits per heavy atom. The van der Waals surface area contributed by atoms with Crippen LogP contribution in [0.25, 0.3) is 0 Å². The van der Waals surface area contributed by atoms with Crippen molar-refractivity contribution in [3.8, 4) is 0 Å². The lowest BCUT2D eigenvalue weighted by Gasteiger charge is -2.46. The quantitative estimate of drug-likeness (QED) is 0.850. The molecule has 3 aliphatic rings. The van der Waals surface area contributed by atoms with Gasteiger partial charge in [0.1, 0.15) is 5.82 Å². The van der Waals surface area contributed by atoms with Crippen molar-refractivity contribution in [3.63, 3.8) is 0 Å². The van der Waals surface area contributed by atoms with Gasteiger partial charge in [-0.1, -0.05) is 18.2 Å². The van der Waals surface area contributed by atoms with Gasteiger partial charge in [0, 0.05) is 37.8 Å². The van der Waals surface area contributed by atoms with E-state index in [0.29, 0.717) is 13.2 Å². The highest BCUT2D eigenvalue weighted by Crippen LogP contribution is 2.36. The van der Waals surface area contributed by atoms with Crippen LogP contribution in [0.5, 0.6) is 0 Å². The second kappa shape index (κ2) is 7.19. The molecular weight excluding hydrogens is 355 g/mol. The second-order valence-electron chi connectivity index (χ2n) is 7.95. The van der Waals surface area contributed by atoms with Gasteiger partial charge in [-0.05, 0) is 44.6 Å². The first-order valence-corrected chi connectivity index (χ1v) is 11.1. The summed E-state index contributed by atoms with van der Waals surface area (Å²) in [6, 6.07) is 6.89. The molecule has 0 unspecified atom stereocenters. The topological polar surface area (TPSA) is 58.6 Å². The van der Waals surface area contributed by atoms with Crippen molar-refractivity contribution in [1.29, 1.82) is 0 Å². The molecule has 0 amide bonds. The van der Waals surface area contributed by atoms with Gasteiger partial charge in [0.15, 0.2) is 0 Å². The third kappa shape index (κ3) is 4.11. The van der Waals surface area contributed by atoms with Gasteiger partial charge in [-0.2, -0.15) is 0 Å². The van der Waals surface area contributed by atoms with Crippen LogP contribution in [0.3, 0.4) is 0 Å². The summed E-state index contributed by atoms with van der Waals surface area (Å²) in [5.74, 6) is -0.156. The Labute approximate surface area is 155 Å². The number of nitrogens with one attached hydrogen (secondary N) is 1. The van der Waals surface area contributed by atoms with Gasteiger partial charge in [0.2, 0.25) is 10.0 Å². The number of hydrogen-bond acceptors (Lipinski definition) is 4. The first-order chi connectivity index (χ1) is 12.5. The summed E-state index contributed by atoms with van der Waals surface area (Å²) in [6.45, 7) is 2.90. The Morgan fingerprint density at radius 2 is 1.92 bits per heavy atom. The lowest BCUT2D eigenvalue weighted by molar-refractivity contribution is -0.118. The zero-order valence-corrected chi connectivity index (χ0v) is 15.8. The molecule has 0 radical (unpaired) electrons. The number of rotatable bonds is 5. The maximum Gasteiger partial charge on any atom is 0.214 e. The predicted molar refractivity (Wildman–Crippen MR) is 97.7 cm³/mol. The SMILES string of the molecule is O=S(=O)(N[C@H]1CCOC2(CCN(Cc3ccccc3F)CC2)C1)C1CC1. The number of piperidine rings is 1. The number of hydrogen-bond donors (Lipinski definition) is 1. The molecule has 3 fully saturated rings. The van der Waals surface area contributed by atoms with Crippen LogP contribution in [0.1, 0.15) is 44.1 Å². The molecule has 2 heterocycles. The number of sulfonamides is 1. The zero-order chi connectivity index (χ0) is 18.2. The molecule has 1 aliphatic carbocycles. The molecule has 1 spiro atoms. The van der Waals surface area contributed by atoms with Crippen LogP contribution in [-0.4, -0.2) is 49.9 Å². The average molecular weight is 383 g/mol. The maximum absolute atomic E-state index is 13.9. The summed E-state index contributed by atoms with van der Waals surface area (Å²) in [5.41, 5.74) is 0.490. The van der Waals surface area contributed by atoms with Gasteiger partial charge in [-0.25, -0.2) is 17.5 Å². The first-order valence-electron chi connectivity index (χ1n) is 9.57. The fraction of sp³-hybridized carbons (Fsp3) is 0.684. The predicted octanol–water partition coefficient (Wildman–Crippen LogP) is 2.42. The van der Waals surface area contributed by atoms with Crippen LogP contribution in [0.15, 0.2) is 24.3 Å². The maximum atomic E-state index is 13.9. The highest BCUT2D eigenvalue weighted by Gasteiger charge is 2.43. The lowest BCUT2D eigenvalue weighted by atomic mass is 9.82. The van der Waals surface area contributed by atoms with E-state index in [1.807, 2.05) is 12.1 Å². The molecule has 0 aromatic heterocycles. The number of nitrogens with zero attached hydrogens (tertiary/aromatic N) is 1. The summed E-state index contributed by atoms with van der Waals surface area (Å²) in [7, 11) is -3.16. The van der Waals surface area contributed by atoms with Gasteiger partial charge >= 0.3 is 0 Å². The van der Waals surface area contributed by atoms with E-state index in [0.717, 1.165) is 57.2 Å². The van der Waals surface area contributed by atoms with Gasteiger partial charge in [-0.3, -0.25) is 4.90 Å². The second-order valence-corrected chi connectivity index (χ2v) is 9.94. The number of likely N-dealkylation sites (tertiary alicyclic amines) is 1. The van der Waals surface area contributed by atoms with E-state index in [1.165, 1.54) is 6.07 Å². The Bertz CT molecular complexity index is 743. The first kappa shape index (κ1) is 18.3. The molecule has 0 bridgehead atoms. The van der Waals surface area contributed by atoms with Gasteiger partial charge in [0.25, 0.3) is 0 Å². The van der Waals surface area contributed by atoms with E-state index in [1.54, 1.807) is 6.07 Å². The lowest BCUT2D eigenvalue weighted by Crippen LogP contribution is -2.53. The van der Waals surface area contributed by atoms with E-state index in [9.17, 15) is 12.8 Å². The standard InChI is InChI=1S/C19H27FN2O3S/c20-18-4-2-1-3-15(18)14-22-10-8-19(9-11-22)13-16(7-12-25-19)21-26(23,24)17-5-6-17/h1-4,16-17,21H,5-14H2/t16-/m0/s1. The molecule has 144 valence electrons. The molecule has 1 aromatic carbocycles. The molecule has 1 atom stereocenters. The summed E-state index contributed by atoms with van der Waals surface area (Å²) in [5, 5.41) is -0.177. The van der Waals surface area contributed by atoms with Gasteiger partial charge in [0.05, 0.1) is 10.9 Å². The van der Waals surface area contributed by atoms with Crippen molar-refractivity contribution in [1.82, 2.24) is 9.62 Å². The van der Waals surface area contributed by atoms with Crippen molar-refractivity contribution in [2.45, 2.75) is 62.0 Å². The molecule has 4 rings (SSSR count). The Balaban J connectivity index is 1.33. The van der Waals surface area contributed by atoms with Gasteiger partial charge in [-0.15, -0.1) is 0 Å². The van der Waals surface area contributed by atoms with Crippen LogP contribution < -0.4 is 4.72 Å². The fourth-order valence-electron chi connectivity index (χ4n) is 4.17. The number of halogens is 1. The monoisotopic (exact) mass is 382 g/mol. The Hall–Kier alpha value is -1.02. The van der Waals surface area contributed by atoms with Crippen LogP contribution in [0.4, 0.5) is 4.39 Å². The smallest absolute Gasteiger partial charge is 0.214 e. The largest absolute Gasteiger partial charge is 0.375 e. The van der Waals surface area contributed by atoms with Crippen molar-refractivity contribution in [2.75, 3.05) is 19.7 Å². The van der Waals surface area contributed by atoms with E-state index < -0.39 is 10.0 Å². The van der Waals surface area contributed by atoms with Crippen LogP contribution in [0.2, 0.25) is 0 Å². The Kier molecular flexibility index (Phi) is 5.07. The molecule has 2 aliphatic heterocycles. The van der Waals surface area contributed by atoms with Crippen molar-refractivity contribution in [2.24, 2.45) is 0 Å². The minimum absolute atomic E-state index is 0.0209. The molecule has 1 saturated carbocycles.